The normalized spacial score (nSPS) is 16.6. The lowest BCUT2D eigenvalue weighted by Crippen LogP contribution is -2.48. The van der Waals surface area contributed by atoms with Crippen LogP contribution in [0.25, 0.3) is 0 Å². The Morgan fingerprint density at radius 3 is 2.52 bits per heavy atom. The van der Waals surface area contributed by atoms with Gasteiger partial charge in [0.25, 0.3) is 11.6 Å². The minimum Gasteiger partial charge on any atom is -0.478 e. The molecule has 1 amide bonds. The van der Waals surface area contributed by atoms with Gasteiger partial charge in [0.1, 0.15) is 0 Å². The molecule has 0 radical (unpaired) electrons. The summed E-state index contributed by atoms with van der Waals surface area (Å²) in [6, 6.07) is 12.0. The van der Waals surface area contributed by atoms with Crippen LogP contribution in [0, 0.1) is 16.0 Å². The van der Waals surface area contributed by atoms with Gasteiger partial charge in [0.15, 0.2) is 11.9 Å². The first-order chi connectivity index (χ1) is 11.9. The molecule has 2 aromatic carbocycles. The molecule has 1 aliphatic heterocycles. The Bertz CT molecular complexity index is 820. The van der Waals surface area contributed by atoms with Crippen LogP contribution < -0.4 is 9.64 Å². The number of hydrogen-bond donors (Lipinski definition) is 0. The van der Waals surface area contributed by atoms with Crippen molar-refractivity contribution in [2.45, 2.75) is 26.5 Å². The number of nitro groups is 1. The van der Waals surface area contributed by atoms with Crippen LogP contribution in [0.3, 0.4) is 0 Å². The quantitative estimate of drug-likeness (QED) is 0.562. The maximum Gasteiger partial charge on any atom is 0.273 e. The number of carbonyl (C=O) groups excluding carboxylic acids is 1. The molecule has 1 aliphatic rings. The number of nitrogens with zero attached hydrogens (tertiary/aromatic N) is 2. The second-order valence-electron chi connectivity index (χ2n) is 6.24. The number of ether oxygens (including phenoxy) is 1. The fraction of sp³-hybridized carbons (Fsp3) is 0.278. The molecular weight excluding hydrogens is 388 g/mol. The lowest BCUT2D eigenvalue weighted by molar-refractivity contribution is -0.384. The van der Waals surface area contributed by atoms with Crippen molar-refractivity contribution in [1.29, 1.82) is 0 Å². The van der Waals surface area contributed by atoms with E-state index in [-0.39, 0.29) is 17.5 Å². The molecule has 25 heavy (non-hydrogen) atoms. The highest BCUT2D eigenvalue weighted by Crippen LogP contribution is 2.39. The number of benzene rings is 2. The molecule has 130 valence electrons. The van der Waals surface area contributed by atoms with E-state index >= 15 is 0 Å². The summed E-state index contributed by atoms with van der Waals surface area (Å²) in [5.41, 5.74) is 1.46. The smallest absolute Gasteiger partial charge is 0.273 e. The van der Waals surface area contributed by atoms with Crippen LogP contribution in [0.1, 0.15) is 19.4 Å². The Kier molecular flexibility index (Phi) is 4.76. The summed E-state index contributed by atoms with van der Waals surface area (Å²) in [7, 11) is 0. The van der Waals surface area contributed by atoms with Crippen molar-refractivity contribution >= 4 is 33.2 Å². The molecule has 3 rings (SSSR count). The third-order valence-corrected chi connectivity index (χ3v) is 4.60. The number of amides is 1. The number of nitro benzene ring substituents is 1. The van der Waals surface area contributed by atoms with Gasteiger partial charge in [-0.2, -0.15) is 0 Å². The summed E-state index contributed by atoms with van der Waals surface area (Å²) in [5, 5.41) is 11.0. The number of halogens is 1. The van der Waals surface area contributed by atoms with Crippen LogP contribution in [-0.4, -0.2) is 16.9 Å². The van der Waals surface area contributed by atoms with Gasteiger partial charge >= 0.3 is 0 Å². The zero-order valence-corrected chi connectivity index (χ0v) is 15.4. The Morgan fingerprint density at radius 1 is 1.24 bits per heavy atom. The lowest BCUT2D eigenvalue weighted by atomic mass is 10.0. The second-order valence-corrected chi connectivity index (χ2v) is 7.16. The van der Waals surface area contributed by atoms with Gasteiger partial charge in [0.05, 0.1) is 23.2 Å². The number of carbonyl (C=O) groups is 1. The van der Waals surface area contributed by atoms with Crippen LogP contribution >= 0.6 is 15.9 Å². The molecule has 0 aliphatic carbocycles. The highest BCUT2D eigenvalue weighted by Gasteiger charge is 2.37. The molecule has 6 nitrogen and oxygen atoms in total. The summed E-state index contributed by atoms with van der Waals surface area (Å²) in [6.07, 6.45) is -0.662. The van der Waals surface area contributed by atoms with E-state index in [0.29, 0.717) is 18.0 Å². The van der Waals surface area contributed by atoms with Gasteiger partial charge in [-0.25, -0.2) is 0 Å². The molecule has 0 aromatic heterocycles. The molecule has 1 atom stereocenters. The molecule has 1 heterocycles. The van der Waals surface area contributed by atoms with Crippen LogP contribution in [0.4, 0.5) is 11.4 Å². The lowest BCUT2D eigenvalue weighted by Gasteiger charge is -2.36. The van der Waals surface area contributed by atoms with Gasteiger partial charge < -0.3 is 9.64 Å². The summed E-state index contributed by atoms with van der Waals surface area (Å²) >= 11 is 3.39. The Hall–Kier alpha value is -2.41. The molecule has 1 unspecified atom stereocenters. The minimum atomic E-state index is -0.662. The van der Waals surface area contributed by atoms with Crippen molar-refractivity contribution in [1.82, 2.24) is 0 Å². The molecular formula is C18H17BrN2O4. The average molecular weight is 405 g/mol. The van der Waals surface area contributed by atoms with Crippen LogP contribution in [0.5, 0.6) is 5.75 Å². The first kappa shape index (κ1) is 17.4. The van der Waals surface area contributed by atoms with E-state index < -0.39 is 11.0 Å². The number of hydrogen-bond acceptors (Lipinski definition) is 4. The first-order valence-electron chi connectivity index (χ1n) is 7.87. The van der Waals surface area contributed by atoms with Crippen molar-refractivity contribution in [3.05, 3.63) is 62.6 Å². The number of rotatable bonds is 4. The third-order valence-electron chi connectivity index (χ3n) is 4.07. The predicted octanol–water partition coefficient (Wildman–Crippen LogP) is 4.31. The predicted molar refractivity (Wildman–Crippen MR) is 97.7 cm³/mol. The molecule has 0 fully saturated rings. The Balaban J connectivity index is 2.01. The molecule has 2 aromatic rings. The molecule has 0 N–H and O–H groups in total. The van der Waals surface area contributed by atoms with Gasteiger partial charge in [-0.05, 0) is 29.7 Å². The van der Waals surface area contributed by atoms with E-state index in [1.165, 1.54) is 12.1 Å². The summed E-state index contributed by atoms with van der Waals surface area (Å²) in [6.45, 7) is 4.16. The fourth-order valence-electron chi connectivity index (χ4n) is 2.75. The highest BCUT2D eigenvalue weighted by atomic mass is 79.9. The summed E-state index contributed by atoms with van der Waals surface area (Å²) < 4.78 is 6.74. The topological polar surface area (TPSA) is 72.7 Å². The first-order valence-corrected chi connectivity index (χ1v) is 8.67. The van der Waals surface area contributed by atoms with E-state index in [4.69, 9.17) is 4.74 Å². The van der Waals surface area contributed by atoms with Crippen LogP contribution in [0.2, 0.25) is 0 Å². The van der Waals surface area contributed by atoms with E-state index in [1.807, 2.05) is 38.1 Å². The Labute approximate surface area is 153 Å². The van der Waals surface area contributed by atoms with E-state index in [2.05, 4.69) is 15.9 Å². The number of fused-ring (bicyclic) bond motifs is 1. The largest absolute Gasteiger partial charge is 0.478 e. The maximum atomic E-state index is 12.9. The molecule has 0 saturated carbocycles. The standard InChI is InChI=1S/C18H17BrN2O4/c1-11(2)17-18(22)20(10-12-3-5-13(19)6-4-12)15-8-7-14(21(23)24)9-16(15)25-17/h3-9,11,17H,10H2,1-2H3. The SMILES string of the molecule is CC(C)C1Oc2cc([N+](=O)[O-])ccc2N(Cc2ccc(Br)cc2)C1=O. The van der Waals surface area contributed by atoms with Gasteiger partial charge in [-0.15, -0.1) is 0 Å². The van der Waals surface area contributed by atoms with Crippen molar-refractivity contribution in [3.8, 4) is 5.75 Å². The second kappa shape index (κ2) is 6.84. The fourth-order valence-corrected chi connectivity index (χ4v) is 3.01. The van der Waals surface area contributed by atoms with E-state index in [1.54, 1.807) is 11.0 Å². The summed E-state index contributed by atoms with van der Waals surface area (Å²) in [5.74, 6) is 0.177. The van der Waals surface area contributed by atoms with Gasteiger partial charge in [-0.3, -0.25) is 14.9 Å². The molecule has 0 saturated heterocycles. The zero-order valence-electron chi connectivity index (χ0n) is 13.8. The monoisotopic (exact) mass is 404 g/mol. The van der Waals surface area contributed by atoms with Crippen molar-refractivity contribution in [2.75, 3.05) is 4.90 Å². The van der Waals surface area contributed by atoms with Crippen LogP contribution in [0.15, 0.2) is 46.9 Å². The van der Waals surface area contributed by atoms with Crippen LogP contribution in [-0.2, 0) is 11.3 Å². The van der Waals surface area contributed by atoms with Gasteiger partial charge in [0, 0.05) is 10.5 Å². The van der Waals surface area contributed by atoms with Crippen molar-refractivity contribution < 1.29 is 14.5 Å². The molecule has 7 heteroatoms. The number of non-ortho nitro benzene ring substituents is 1. The van der Waals surface area contributed by atoms with E-state index in [9.17, 15) is 14.9 Å². The van der Waals surface area contributed by atoms with Gasteiger partial charge in [-0.1, -0.05) is 41.9 Å². The summed E-state index contributed by atoms with van der Waals surface area (Å²) in [4.78, 5) is 25.1. The van der Waals surface area contributed by atoms with Gasteiger partial charge in [0.2, 0.25) is 0 Å². The zero-order chi connectivity index (χ0) is 18.1. The minimum absolute atomic E-state index is 0.0488. The number of anilines is 1. The van der Waals surface area contributed by atoms with E-state index in [0.717, 1.165) is 10.0 Å². The molecule has 0 spiro atoms. The highest BCUT2D eigenvalue weighted by molar-refractivity contribution is 9.10. The van der Waals surface area contributed by atoms with Crippen molar-refractivity contribution in [3.63, 3.8) is 0 Å². The third kappa shape index (κ3) is 3.51. The molecule has 0 bridgehead atoms. The maximum absolute atomic E-state index is 12.9. The average Bonchev–Trinajstić information content (AvgIpc) is 2.58. The van der Waals surface area contributed by atoms with Crippen molar-refractivity contribution in [2.24, 2.45) is 5.92 Å². The Morgan fingerprint density at radius 2 is 1.92 bits per heavy atom.